The van der Waals surface area contributed by atoms with Crippen LogP contribution in [-0.4, -0.2) is 69.3 Å². The zero-order valence-corrected chi connectivity index (χ0v) is 18.7. The van der Waals surface area contributed by atoms with Crippen LogP contribution in [0.1, 0.15) is 12.1 Å². The predicted octanol–water partition coefficient (Wildman–Crippen LogP) is -0.678. The van der Waals surface area contributed by atoms with Gasteiger partial charge in [0.2, 0.25) is 11.0 Å². The maximum absolute atomic E-state index is 12.9. The number of nitrogens with one attached hydrogen (secondary N) is 2. The lowest BCUT2D eigenvalue weighted by atomic mass is 9.94. The highest BCUT2D eigenvalue weighted by molar-refractivity contribution is 8.00. The van der Waals surface area contributed by atoms with Gasteiger partial charge in [0.05, 0.1) is 11.6 Å². The Hall–Kier alpha value is -2.58. The fraction of sp³-hybridized carbons (Fsp3) is 0.412. The van der Waals surface area contributed by atoms with Crippen LogP contribution >= 0.6 is 35.7 Å². The van der Waals surface area contributed by atoms with E-state index in [-0.39, 0.29) is 28.1 Å². The third-order valence-electron chi connectivity index (χ3n) is 5.12. The highest BCUT2D eigenvalue weighted by atomic mass is 32.2. The Morgan fingerprint density at radius 2 is 2.23 bits per heavy atom. The molecule has 4 N–H and O–H groups in total. The van der Waals surface area contributed by atoms with Crippen molar-refractivity contribution in [2.75, 3.05) is 25.1 Å². The van der Waals surface area contributed by atoms with Gasteiger partial charge in [0, 0.05) is 17.7 Å². The molecule has 0 radical (unpaired) electrons. The summed E-state index contributed by atoms with van der Waals surface area (Å²) in [5.74, 6) is -1.37. The number of rotatable bonds is 6. The van der Waals surface area contributed by atoms with Crippen molar-refractivity contribution in [3.63, 3.8) is 0 Å². The number of carbonyl (C=O) groups excluding carboxylic acids is 4. The first kappa shape index (κ1) is 21.6. The number of β-lactam (4-membered cyclic amide) rings is 1. The molecular weight excluding hydrogens is 464 g/mol. The van der Waals surface area contributed by atoms with E-state index in [9.17, 15) is 19.2 Å². The van der Waals surface area contributed by atoms with Crippen LogP contribution in [0, 0.1) is 5.92 Å². The Balaban J connectivity index is 1.55. The largest absolute Gasteiger partial charge is 0.398 e. The molecule has 1 aromatic rings. The first-order chi connectivity index (χ1) is 14.8. The molecule has 1 aromatic heterocycles. The van der Waals surface area contributed by atoms with Crippen LogP contribution < -0.4 is 16.4 Å². The summed E-state index contributed by atoms with van der Waals surface area (Å²) >= 11 is 6.44. The highest BCUT2D eigenvalue weighted by Crippen LogP contribution is 2.43. The third kappa shape index (κ3) is 3.78. The topological polar surface area (TPSA) is 156 Å². The van der Waals surface area contributed by atoms with Gasteiger partial charge in [0.25, 0.3) is 11.8 Å². The first-order valence-corrected chi connectivity index (χ1v) is 11.5. The molecule has 3 aliphatic rings. The van der Waals surface area contributed by atoms with Crippen molar-refractivity contribution >= 4 is 69.4 Å². The molecule has 4 rings (SSSR count). The molecule has 2 fully saturated rings. The normalized spacial score (nSPS) is 25.7. The van der Waals surface area contributed by atoms with E-state index in [1.807, 2.05) is 0 Å². The molecule has 0 aliphatic carbocycles. The lowest BCUT2D eigenvalue weighted by molar-refractivity contribution is -0.146. The maximum Gasteiger partial charge on any atom is 0.276 e. The van der Waals surface area contributed by atoms with Gasteiger partial charge in [0.1, 0.15) is 24.2 Å². The third-order valence-corrected chi connectivity index (χ3v) is 7.31. The number of carbonyl (C=O) groups is 4. The highest BCUT2D eigenvalue weighted by Gasteiger charge is 2.55. The summed E-state index contributed by atoms with van der Waals surface area (Å²) in [6, 6.07) is -0.878. The molecular formula is C17H18N6O5S3. The summed E-state index contributed by atoms with van der Waals surface area (Å²) in [7, 11) is 1.28. The molecule has 0 aromatic carbocycles. The van der Waals surface area contributed by atoms with Gasteiger partial charge in [-0.1, -0.05) is 17.8 Å². The van der Waals surface area contributed by atoms with E-state index in [1.54, 1.807) is 5.38 Å². The van der Waals surface area contributed by atoms with Crippen LogP contribution in [0.15, 0.2) is 21.8 Å². The van der Waals surface area contributed by atoms with Crippen molar-refractivity contribution < 1.29 is 24.0 Å². The summed E-state index contributed by atoms with van der Waals surface area (Å²) in [5.41, 5.74) is 6.45. The number of aromatic nitrogens is 1. The second-order valence-corrected chi connectivity index (χ2v) is 9.27. The van der Waals surface area contributed by atoms with E-state index in [1.165, 1.54) is 23.8 Å². The van der Waals surface area contributed by atoms with E-state index in [0.717, 1.165) is 11.3 Å². The molecule has 0 bridgehead atoms. The van der Waals surface area contributed by atoms with Crippen molar-refractivity contribution in [2.45, 2.75) is 17.8 Å². The SMILES string of the molecule is CON=C(C(=O)N[C@@H]1C(=O)N2C(C(=O)S)=C(C3CCNC3=O)CS[C@H]12)c1csc(N)n1. The number of oxime groups is 1. The van der Waals surface area contributed by atoms with Crippen molar-refractivity contribution in [2.24, 2.45) is 11.1 Å². The van der Waals surface area contributed by atoms with E-state index in [2.05, 4.69) is 33.4 Å². The number of nitrogens with two attached hydrogens (primary N) is 1. The van der Waals surface area contributed by atoms with Crippen LogP contribution in [0.4, 0.5) is 5.13 Å². The Bertz CT molecular complexity index is 1040. The molecule has 4 heterocycles. The zero-order valence-electron chi connectivity index (χ0n) is 16.2. The number of anilines is 1. The Morgan fingerprint density at radius 3 is 2.81 bits per heavy atom. The molecule has 11 nitrogen and oxygen atoms in total. The maximum atomic E-state index is 12.9. The average molecular weight is 483 g/mol. The van der Waals surface area contributed by atoms with Crippen molar-refractivity contribution in [3.05, 3.63) is 22.3 Å². The van der Waals surface area contributed by atoms with E-state index < -0.39 is 34.3 Å². The number of nitrogens with zero attached hydrogens (tertiary/aromatic N) is 3. The number of amides is 3. The minimum absolute atomic E-state index is 0.119. The predicted molar refractivity (Wildman–Crippen MR) is 117 cm³/mol. The standard InChI is InChI=1S/C17H18N6O5S3/c1-28-22-9(8-5-31-17(18)20-8)13(25)21-10-14(26)23-11(16(27)29)7(4-30-15(10)23)6-2-3-19-12(6)24/h5-6,10,15H,2-4H2,1H3,(H2,18,20)(H,19,24)(H,21,25)(H,27,29)/t6?,10-,15-/m1/s1. The van der Waals surface area contributed by atoms with Crippen molar-refractivity contribution in [1.82, 2.24) is 20.5 Å². The van der Waals surface area contributed by atoms with Crippen LogP contribution in [0.5, 0.6) is 0 Å². The Labute approximate surface area is 190 Å². The lowest BCUT2D eigenvalue weighted by Crippen LogP contribution is -2.71. The number of thiol groups is 1. The summed E-state index contributed by atoms with van der Waals surface area (Å²) in [5, 5.41) is 9.80. The van der Waals surface area contributed by atoms with Crippen LogP contribution in [0.2, 0.25) is 0 Å². The molecule has 31 heavy (non-hydrogen) atoms. The van der Waals surface area contributed by atoms with Crippen molar-refractivity contribution in [3.8, 4) is 0 Å². The Morgan fingerprint density at radius 1 is 1.45 bits per heavy atom. The number of hydrogen-bond donors (Lipinski definition) is 4. The molecule has 0 spiro atoms. The van der Waals surface area contributed by atoms with Crippen LogP contribution in [0.3, 0.4) is 0 Å². The van der Waals surface area contributed by atoms with Gasteiger partial charge in [-0.25, -0.2) is 4.98 Å². The molecule has 2 saturated heterocycles. The van der Waals surface area contributed by atoms with E-state index >= 15 is 0 Å². The molecule has 3 aliphatic heterocycles. The zero-order chi connectivity index (χ0) is 22.3. The number of fused-ring (bicyclic) bond motifs is 1. The number of thioether (sulfide) groups is 1. The van der Waals surface area contributed by atoms with Crippen molar-refractivity contribution in [1.29, 1.82) is 0 Å². The average Bonchev–Trinajstić information content (AvgIpc) is 3.36. The number of thiazole rings is 1. The molecule has 164 valence electrons. The summed E-state index contributed by atoms with van der Waals surface area (Å²) in [6.07, 6.45) is 0.555. The van der Waals surface area contributed by atoms with Gasteiger partial charge in [-0.3, -0.25) is 24.1 Å². The van der Waals surface area contributed by atoms with Crippen LogP contribution in [0.25, 0.3) is 0 Å². The first-order valence-electron chi connectivity index (χ1n) is 9.15. The summed E-state index contributed by atoms with van der Waals surface area (Å²) < 4.78 is 0. The van der Waals surface area contributed by atoms with Gasteiger partial charge in [-0.2, -0.15) is 0 Å². The molecule has 3 atom stereocenters. The van der Waals surface area contributed by atoms with Gasteiger partial charge in [0.15, 0.2) is 10.8 Å². The lowest BCUT2D eigenvalue weighted by Gasteiger charge is -2.50. The van der Waals surface area contributed by atoms with E-state index in [4.69, 9.17) is 10.6 Å². The second kappa shape index (κ2) is 8.51. The molecule has 3 amide bonds. The fourth-order valence-corrected chi connectivity index (χ4v) is 5.96. The molecule has 0 saturated carbocycles. The Kier molecular flexibility index (Phi) is 5.94. The quantitative estimate of drug-likeness (QED) is 0.180. The minimum Gasteiger partial charge on any atom is -0.398 e. The summed E-state index contributed by atoms with van der Waals surface area (Å²) in [4.78, 5) is 60.1. The van der Waals surface area contributed by atoms with E-state index in [0.29, 0.717) is 24.3 Å². The molecule has 1 unspecified atom stereocenters. The smallest absolute Gasteiger partial charge is 0.276 e. The van der Waals surface area contributed by atoms with Gasteiger partial charge in [-0.05, 0) is 12.0 Å². The van der Waals surface area contributed by atoms with Gasteiger partial charge < -0.3 is 21.2 Å². The molecule has 14 heteroatoms. The number of hydrogen-bond acceptors (Lipinski definition) is 10. The number of nitrogen functional groups attached to an aromatic ring is 1. The van der Waals surface area contributed by atoms with Gasteiger partial charge in [-0.15, -0.1) is 23.1 Å². The summed E-state index contributed by atoms with van der Waals surface area (Å²) in [6.45, 7) is 0.518. The second-order valence-electron chi connectivity index (χ2n) is 6.87. The minimum atomic E-state index is -0.878. The monoisotopic (exact) mass is 482 g/mol. The fourth-order valence-electron chi connectivity index (χ4n) is 3.74. The van der Waals surface area contributed by atoms with Gasteiger partial charge >= 0.3 is 0 Å². The van der Waals surface area contributed by atoms with Crippen LogP contribution in [-0.2, 0) is 24.0 Å².